The molecule has 0 aromatic rings. The van der Waals surface area contributed by atoms with Gasteiger partial charge in [0.25, 0.3) is 0 Å². The Balaban J connectivity index is 4.15. The van der Waals surface area contributed by atoms with Gasteiger partial charge in [0.1, 0.15) is 0 Å². The second-order valence-electron chi connectivity index (χ2n) is 5.55. The Morgan fingerprint density at radius 2 is 1.88 bits per heavy atom. The minimum Gasteiger partial charge on any atom is -0.379 e. The van der Waals surface area contributed by atoms with Gasteiger partial charge in [-0.2, -0.15) is 0 Å². The quantitative estimate of drug-likeness (QED) is 0.652. The number of rotatable bonds is 9. The van der Waals surface area contributed by atoms with Crippen LogP contribution in [0.25, 0.3) is 0 Å². The van der Waals surface area contributed by atoms with E-state index in [-0.39, 0.29) is 5.60 Å². The normalized spacial score (nSPS) is 16.1. The Kier molecular flexibility index (Phi) is 8.04. The van der Waals surface area contributed by atoms with Crippen molar-refractivity contribution in [3.05, 3.63) is 0 Å². The van der Waals surface area contributed by atoms with Crippen LogP contribution in [0.5, 0.6) is 0 Å². The third kappa shape index (κ3) is 7.24. The zero-order chi connectivity index (χ0) is 12.6. The fourth-order valence-electron chi connectivity index (χ4n) is 2.30. The Bertz CT molecular complexity index is 168. The van der Waals surface area contributed by atoms with Crippen molar-refractivity contribution in [2.24, 2.45) is 5.92 Å². The monoisotopic (exact) mass is 229 g/mol. The number of hydrogen-bond acceptors (Lipinski definition) is 2. The molecule has 2 unspecified atom stereocenters. The van der Waals surface area contributed by atoms with Crippen LogP contribution < -0.4 is 5.32 Å². The van der Waals surface area contributed by atoms with Gasteiger partial charge in [0.2, 0.25) is 0 Å². The molecule has 0 aromatic carbocycles. The van der Waals surface area contributed by atoms with Crippen LogP contribution in [0.1, 0.15) is 60.3 Å². The zero-order valence-corrected chi connectivity index (χ0v) is 12.1. The third-order valence-corrected chi connectivity index (χ3v) is 3.25. The second kappa shape index (κ2) is 8.08. The van der Waals surface area contributed by atoms with Crippen LogP contribution >= 0.6 is 0 Å². The number of hydrogen-bond donors (Lipinski definition) is 1. The summed E-state index contributed by atoms with van der Waals surface area (Å²) in [7, 11) is 1.80. The highest BCUT2D eigenvalue weighted by Crippen LogP contribution is 2.21. The smallest absolute Gasteiger partial charge is 0.0637 e. The van der Waals surface area contributed by atoms with Crippen LogP contribution in [0.3, 0.4) is 0 Å². The topological polar surface area (TPSA) is 21.3 Å². The van der Waals surface area contributed by atoms with Gasteiger partial charge < -0.3 is 10.1 Å². The van der Waals surface area contributed by atoms with E-state index < -0.39 is 0 Å². The summed E-state index contributed by atoms with van der Waals surface area (Å²) in [6.45, 7) is 12.2. The fraction of sp³-hybridized carbons (Fsp3) is 1.00. The molecule has 2 heteroatoms. The first-order valence-corrected chi connectivity index (χ1v) is 6.73. The summed E-state index contributed by atoms with van der Waals surface area (Å²) in [6.07, 6.45) is 4.96. The van der Waals surface area contributed by atoms with Crippen molar-refractivity contribution in [3.63, 3.8) is 0 Å². The zero-order valence-electron chi connectivity index (χ0n) is 12.1. The Labute approximate surface area is 102 Å². The van der Waals surface area contributed by atoms with E-state index >= 15 is 0 Å². The largest absolute Gasteiger partial charge is 0.379 e. The van der Waals surface area contributed by atoms with E-state index in [1.807, 2.05) is 0 Å². The molecule has 0 aromatic heterocycles. The summed E-state index contributed by atoms with van der Waals surface area (Å²) in [5.41, 5.74) is -0.0151. The first-order chi connectivity index (χ1) is 7.45. The highest BCUT2D eigenvalue weighted by molar-refractivity contribution is 4.79. The highest BCUT2D eigenvalue weighted by atomic mass is 16.5. The molecule has 0 fully saturated rings. The maximum absolute atomic E-state index is 5.52. The van der Waals surface area contributed by atoms with E-state index in [2.05, 4.69) is 39.9 Å². The minimum absolute atomic E-state index is 0.0151. The van der Waals surface area contributed by atoms with Crippen molar-refractivity contribution in [2.45, 2.75) is 71.9 Å². The van der Waals surface area contributed by atoms with Gasteiger partial charge in [-0.15, -0.1) is 0 Å². The number of nitrogens with one attached hydrogen (secondary N) is 1. The molecule has 0 bridgehead atoms. The maximum Gasteiger partial charge on any atom is 0.0637 e. The summed E-state index contributed by atoms with van der Waals surface area (Å²) in [5, 5.41) is 3.58. The first-order valence-electron chi connectivity index (χ1n) is 6.73. The van der Waals surface area contributed by atoms with Gasteiger partial charge in [0.15, 0.2) is 0 Å². The molecule has 98 valence electrons. The van der Waals surface area contributed by atoms with Gasteiger partial charge in [-0.05, 0) is 39.2 Å². The predicted octanol–water partition coefficient (Wildman–Crippen LogP) is 3.61. The minimum atomic E-state index is -0.0151. The van der Waals surface area contributed by atoms with Gasteiger partial charge in [-0.25, -0.2) is 0 Å². The molecule has 0 aliphatic carbocycles. The van der Waals surface area contributed by atoms with Crippen molar-refractivity contribution < 1.29 is 4.74 Å². The van der Waals surface area contributed by atoms with Crippen LogP contribution in [0.4, 0.5) is 0 Å². The molecule has 0 heterocycles. The Hall–Kier alpha value is -0.0800. The second-order valence-corrected chi connectivity index (χ2v) is 5.55. The molecule has 0 spiro atoms. The maximum atomic E-state index is 5.52. The van der Waals surface area contributed by atoms with E-state index in [1.54, 1.807) is 7.11 Å². The van der Waals surface area contributed by atoms with E-state index in [1.165, 1.54) is 19.3 Å². The summed E-state index contributed by atoms with van der Waals surface area (Å²) in [6, 6.07) is 0.585. The molecule has 0 aliphatic rings. The van der Waals surface area contributed by atoms with Crippen LogP contribution in [0.15, 0.2) is 0 Å². The lowest BCUT2D eigenvalue weighted by atomic mass is 9.90. The van der Waals surface area contributed by atoms with E-state index in [9.17, 15) is 0 Å². The van der Waals surface area contributed by atoms with Gasteiger partial charge in [0.05, 0.1) is 5.60 Å². The van der Waals surface area contributed by atoms with Crippen LogP contribution in [0, 0.1) is 5.92 Å². The van der Waals surface area contributed by atoms with Crippen molar-refractivity contribution in [1.29, 1.82) is 0 Å². The first kappa shape index (κ1) is 15.9. The standard InChI is InChI=1S/C14H31NO/c1-7-9-12(3)10-13(15-8-2)11-14(4,5)16-6/h12-13,15H,7-11H2,1-6H3. The summed E-state index contributed by atoms with van der Waals surface area (Å²) in [5.74, 6) is 0.807. The lowest BCUT2D eigenvalue weighted by Crippen LogP contribution is -2.38. The van der Waals surface area contributed by atoms with Crippen LogP contribution in [-0.2, 0) is 4.74 Å². The molecule has 0 saturated heterocycles. The number of methoxy groups -OCH3 is 1. The lowest BCUT2D eigenvalue weighted by Gasteiger charge is -2.30. The molecule has 16 heavy (non-hydrogen) atoms. The fourth-order valence-corrected chi connectivity index (χ4v) is 2.30. The summed E-state index contributed by atoms with van der Waals surface area (Å²) < 4.78 is 5.52. The lowest BCUT2D eigenvalue weighted by molar-refractivity contribution is 0.00527. The molecule has 0 radical (unpaired) electrons. The number of ether oxygens (including phenoxy) is 1. The average molecular weight is 229 g/mol. The summed E-state index contributed by atoms with van der Waals surface area (Å²) >= 11 is 0. The SMILES string of the molecule is CCCC(C)CC(CC(C)(C)OC)NCC. The Morgan fingerprint density at radius 3 is 2.31 bits per heavy atom. The molecule has 0 aliphatic heterocycles. The van der Waals surface area contributed by atoms with Gasteiger partial charge in [0, 0.05) is 13.2 Å². The molecule has 2 nitrogen and oxygen atoms in total. The van der Waals surface area contributed by atoms with Crippen molar-refractivity contribution >= 4 is 0 Å². The van der Waals surface area contributed by atoms with Crippen molar-refractivity contribution in [3.8, 4) is 0 Å². The molecular weight excluding hydrogens is 198 g/mol. The predicted molar refractivity (Wildman–Crippen MR) is 71.9 cm³/mol. The van der Waals surface area contributed by atoms with Gasteiger partial charge in [-0.3, -0.25) is 0 Å². The van der Waals surface area contributed by atoms with Crippen molar-refractivity contribution in [2.75, 3.05) is 13.7 Å². The Morgan fingerprint density at radius 1 is 1.25 bits per heavy atom. The van der Waals surface area contributed by atoms with E-state index in [4.69, 9.17) is 4.74 Å². The van der Waals surface area contributed by atoms with Gasteiger partial charge >= 0.3 is 0 Å². The third-order valence-electron chi connectivity index (χ3n) is 3.25. The van der Waals surface area contributed by atoms with E-state index in [0.29, 0.717) is 6.04 Å². The molecule has 1 N–H and O–H groups in total. The molecular formula is C14H31NO. The summed E-state index contributed by atoms with van der Waals surface area (Å²) in [4.78, 5) is 0. The van der Waals surface area contributed by atoms with E-state index in [0.717, 1.165) is 18.9 Å². The van der Waals surface area contributed by atoms with Gasteiger partial charge in [-0.1, -0.05) is 33.6 Å². The average Bonchev–Trinajstić information content (AvgIpc) is 2.17. The highest BCUT2D eigenvalue weighted by Gasteiger charge is 2.23. The van der Waals surface area contributed by atoms with Crippen LogP contribution in [0.2, 0.25) is 0 Å². The molecule has 0 rings (SSSR count). The molecule has 0 saturated carbocycles. The van der Waals surface area contributed by atoms with Crippen LogP contribution in [-0.4, -0.2) is 25.3 Å². The van der Waals surface area contributed by atoms with Crippen molar-refractivity contribution in [1.82, 2.24) is 5.32 Å². The molecule has 0 amide bonds. The molecule has 2 atom stereocenters.